The highest BCUT2D eigenvalue weighted by atomic mass is 16.4. The molecule has 128 valence electrons. The molecular formula is C16H19N3O5. The summed E-state index contributed by atoms with van der Waals surface area (Å²) in [5, 5.41) is 12.7. The molecule has 0 radical (unpaired) electrons. The number of carboxylic acids is 1. The normalized spacial score (nSPS) is 15.6. The molecule has 0 spiro atoms. The van der Waals surface area contributed by atoms with Crippen molar-refractivity contribution in [2.75, 3.05) is 5.01 Å². The molecule has 1 aliphatic rings. The number of amides is 3. The molecule has 0 bridgehead atoms. The van der Waals surface area contributed by atoms with Crippen molar-refractivity contribution in [3.8, 4) is 0 Å². The van der Waals surface area contributed by atoms with Crippen LogP contribution < -0.4 is 15.8 Å². The summed E-state index contributed by atoms with van der Waals surface area (Å²) in [5.41, 5.74) is 3.17. The molecule has 1 aromatic carbocycles. The molecule has 3 amide bonds. The zero-order valence-corrected chi connectivity index (χ0v) is 13.2. The molecular weight excluding hydrogens is 314 g/mol. The van der Waals surface area contributed by atoms with E-state index < -0.39 is 17.9 Å². The van der Waals surface area contributed by atoms with Gasteiger partial charge in [0.05, 0.1) is 5.69 Å². The average molecular weight is 333 g/mol. The third-order valence-electron chi connectivity index (χ3n) is 3.62. The Morgan fingerprint density at radius 3 is 2.50 bits per heavy atom. The topological polar surface area (TPSA) is 116 Å². The number of nitrogens with one attached hydrogen (secondary N) is 2. The number of nitrogens with zero attached hydrogens (tertiary/aromatic N) is 1. The zero-order chi connectivity index (χ0) is 17.7. The lowest BCUT2D eigenvalue weighted by Gasteiger charge is -2.27. The lowest BCUT2D eigenvalue weighted by molar-refractivity contribution is -0.139. The van der Waals surface area contributed by atoms with Crippen LogP contribution in [0.2, 0.25) is 0 Å². The van der Waals surface area contributed by atoms with Gasteiger partial charge in [-0.05, 0) is 30.7 Å². The monoisotopic (exact) mass is 333 g/mol. The van der Waals surface area contributed by atoms with Crippen molar-refractivity contribution in [2.45, 2.75) is 38.6 Å². The number of carboxylic acid groups (broad SMARTS) is 1. The minimum Gasteiger partial charge on any atom is -0.480 e. The summed E-state index contributed by atoms with van der Waals surface area (Å²) in [7, 11) is 0. The Balaban J connectivity index is 2.08. The fraction of sp³-hybridized carbons (Fsp3) is 0.375. The van der Waals surface area contributed by atoms with E-state index in [1.165, 1.54) is 24.3 Å². The van der Waals surface area contributed by atoms with Crippen LogP contribution in [0.25, 0.3) is 0 Å². The number of hydrogen-bond donors (Lipinski definition) is 3. The van der Waals surface area contributed by atoms with Gasteiger partial charge >= 0.3 is 5.97 Å². The summed E-state index contributed by atoms with van der Waals surface area (Å²) < 4.78 is 0. The maximum atomic E-state index is 12.1. The summed E-state index contributed by atoms with van der Waals surface area (Å²) in [6.45, 7) is 1.83. The average Bonchev–Trinajstić information content (AvgIpc) is 2.56. The van der Waals surface area contributed by atoms with Crippen LogP contribution in [0.3, 0.4) is 0 Å². The van der Waals surface area contributed by atoms with E-state index in [9.17, 15) is 19.2 Å². The van der Waals surface area contributed by atoms with Gasteiger partial charge < -0.3 is 10.4 Å². The van der Waals surface area contributed by atoms with Gasteiger partial charge in [-0.25, -0.2) is 9.80 Å². The lowest BCUT2D eigenvalue weighted by atomic mass is 10.1. The molecule has 0 aromatic heterocycles. The number of hydrogen-bond acceptors (Lipinski definition) is 4. The van der Waals surface area contributed by atoms with Crippen molar-refractivity contribution in [3.63, 3.8) is 0 Å². The Bertz CT molecular complexity index is 656. The molecule has 1 saturated heterocycles. The third-order valence-corrected chi connectivity index (χ3v) is 3.62. The molecule has 2 rings (SSSR count). The maximum Gasteiger partial charge on any atom is 0.326 e. The number of carbonyl (C=O) groups is 4. The first-order valence-corrected chi connectivity index (χ1v) is 7.68. The minimum atomic E-state index is -1.08. The van der Waals surface area contributed by atoms with Gasteiger partial charge in [-0.3, -0.25) is 19.8 Å². The summed E-state index contributed by atoms with van der Waals surface area (Å²) in [4.78, 5) is 46.4. The summed E-state index contributed by atoms with van der Waals surface area (Å²) in [6.07, 6.45) is 1.26. The molecule has 0 aliphatic carbocycles. The number of carbonyl (C=O) groups excluding carboxylic acids is 3. The van der Waals surface area contributed by atoms with E-state index in [-0.39, 0.29) is 30.2 Å². The molecule has 1 unspecified atom stereocenters. The van der Waals surface area contributed by atoms with E-state index >= 15 is 0 Å². The van der Waals surface area contributed by atoms with Gasteiger partial charge in [0.1, 0.15) is 6.04 Å². The molecule has 1 fully saturated rings. The number of benzene rings is 1. The molecule has 1 aliphatic heterocycles. The Labute approximate surface area is 138 Å². The largest absolute Gasteiger partial charge is 0.480 e. The number of aliphatic carboxylic acids is 1. The maximum absolute atomic E-state index is 12.1. The predicted molar refractivity (Wildman–Crippen MR) is 85.1 cm³/mol. The first-order valence-electron chi connectivity index (χ1n) is 7.68. The van der Waals surface area contributed by atoms with Gasteiger partial charge in [0.15, 0.2) is 0 Å². The Hall–Kier alpha value is -2.90. The molecule has 8 heteroatoms. The van der Waals surface area contributed by atoms with Crippen molar-refractivity contribution in [2.24, 2.45) is 0 Å². The smallest absolute Gasteiger partial charge is 0.326 e. The van der Waals surface area contributed by atoms with Crippen molar-refractivity contribution < 1.29 is 24.3 Å². The molecule has 3 N–H and O–H groups in total. The second kappa shape index (κ2) is 7.58. The fourth-order valence-electron chi connectivity index (χ4n) is 2.33. The van der Waals surface area contributed by atoms with Crippen LogP contribution in [0, 0.1) is 0 Å². The number of hydrazine groups is 1. The third kappa shape index (κ3) is 4.09. The van der Waals surface area contributed by atoms with E-state index in [0.29, 0.717) is 18.5 Å². The molecule has 24 heavy (non-hydrogen) atoms. The van der Waals surface area contributed by atoms with E-state index in [2.05, 4.69) is 10.7 Å². The van der Waals surface area contributed by atoms with Crippen molar-refractivity contribution >= 4 is 29.4 Å². The van der Waals surface area contributed by atoms with Crippen LogP contribution in [0.15, 0.2) is 24.3 Å². The van der Waals surface area contributed by atoms with Crippen LogP contribution in [0.4, 0.5) is 5.69 Å². The summed E-state index contributed by atoms with van der Waals surface area (Å²) in [5.74, 6) is -2.07. The van der Waals surface area contributed by atoms with E-state index in [0.717, 1.165) is 5.01 Å². The highest BCUT2D eigenvalue weighted by molar-refractivity contribution is 6.02. The van der Waals surface area contributed by atoms with E-state index in [1.54, 1.807) is 0 Å². The van der Waals surface area contributed by atoms with Gasteiger partial charge in [0.25, 0.3) is 5.91 Å². The zero-order valence-electron chi connectivity index (χ0n) is 13.2. The highest BCUT2D eigenvalue weighted by Crippen LogP contribution is 2.17. The molecule has 1 atom stereocenters. The van der Waals surface area contributed by atoms with Crippen LogP contribution in [-0.2, 0) is 14.4 Å². The van der Waals surface area contributed by atoms with Crippen LogP contribution in [0.5, 0.6) is 0 Å². The van der Waals surface area contributed by atoms with Crippen LogP contribution in [-0.4, -0.2) is 34.8 Å². The SMILES string of the molecule is CCCC(NC(=O)c1ccc(N2NC(=O)CCC2=O)cc1)C(=O)O. The lowest BCUT2D eigenvalue weighted by Crippen LogP contribution is -2.50. The Morgan fingerprint density at radius 1 is 1.25 bits per heavy atom. The summed E-state index contributed by atoms with van der Waals surface area (Å²) >= 11 is 0. The van der Waals surface area contributed by atoms with Gasteiger partial charge in [0.2, 0.25) is 11.8 Å². The van der Waals surface area contributed by atoms with Gasteiger partial charge in [-0.1, -0.05) is 13.3 Å². The quantitative estimate of drug-likeness (QED) is 0.713. The first-order chi connectivity index (χ1) is 11.4. The highest BCUT2D eigenvalue weighted by Gasteiger charge is 2.25. The van der Waals surface area contributed by atoms with Crippen molar-refractivity contribution in [1.29, 1.82) is 0 Å². The number of anilines is 1. The number of rotatable bonds is 6. The Morgan fingerprint density at radius 2 is 1.92 bits per heavy atom. The van der Waals surface area contributed by atoms with Crippen LogP contribution in [0.1, 0.15) is 43.0 Å². The molecule has 1 aromatic rings. The van der Waals surface area contributed by atoms with Gasteiger partial charge in [-0.2, -0.15) is 0 Å². The second-order valence-electron chi connectivity index (χ2n) is 5.46. The first kappa shape index (κ1) is 17.5. The Kier molecular flexibility index (Phi) is 5.51. The van der Waals surface area contributed by atoms with Crippen molar-refractivity contribution in [3.05, 3.63) is 29.8 Å². The predicted octanol–water partition coefficient (Wildman–Crippen LogP) is 0.828. The van der Waals surface area contributed by atoms with Crippen molar-refractivity contribution in [1.82, 2.24) is 10.7 Å². The summed E-state index contributed by atoms with van der Waals surface area (Å²) in [6, 6.07) is 5.06. The fourth-order valence-corrected chi connectivity index (χ4v) is 2.33. The second-order valence-corrected chi connectivity index (χ2v) is 5.46. The van der Waals surface area contributed by atoms with E-state index in [4.69, 9.17) is 5.11 Å². The van der Waals surface area contributed by atoms with Crippen LogP contribution >= 0.6 is 0 Å². The van der Waals surface area contributed by atoms with Gasteiger partial charge in [-0.15, -0.1) is 0 Å². The van der Waals surface area contributed by atoms with E-state index in [1.807, 2.05) is 6.92 Å². The molecule has 1 heterocycles. The van der Waals surface area contributed by atoms with Gasteiger partial charge in [0, 0.05) is 18.4 Å². The molecule has 8 nitrogen and oxygen atoms in total. The molecule has 0 saturated carbocycles. The standard InChI is InChI=1S/C16H19N3O5/c1-2-3-12(16(23)24)17-15(22)10-4-6-11(7-5-10)19-14(21)9-8-13(20)18-19/h4-7,12H,2-3,8-9H2,1H3,(H,17,22)(H,18,20)(H,23,24). The minimum absolute atomic E-state index is 0.130.